The van der Waals surface area contributed by atoms with Crippen LogP contribution in [0.15, 0.2) is 53.4 Å². The van der Waals surface area contributed by atoms with Crippen LogP contribution < -0.4 is 15.4 Å². The van der Waals surface area contributed by atoms with Gasteiger partial charge < -0.3 is 10.6 Å². The number of nitrogens with one attached hydrogen (secondary N) is 3. The Hall–Kier alpha value is -2.22. The largest absolute Gasteiger partial charge is 0.325 e. The summed E-state index contributed by atoms with van der Waals surface area (Å²) in [5.41, 5.74) is 1.51. The van der Waals surface area contributed by atoms with Crippen molar-refractivity contribution in [3.63, 3.8) is 0 Å². The molecule has 1 aliphatic heterocycles. The molecule has 0 bridgehead atoms. The smallest absolute Gasteiger partial charge is 0.241 e. The number of carbonyl (C=O) groups is 1. The molecule has 28 heavy (non-hydrogen) atoms. The topological polar surface area (TPSA) is 87.3 Å². The summed E-state index contributed by atoms with van der Waals surface area (Å²) in [7, 11) is -3.66. The third-order valence-electron chi connectivity index (χ3n) is 4.46. The molecular weight excluding hydrogens is 374 g/mol. The Labute approximate surface area is 166 Å². The maximum atomic E-state index is 12.8. The molecule has 3 rings (SSSR count). The predicted molar refractivity (Wildman–Crippen MR) is 112 cm³/mol. The molecule has 1 heterocycles. The van der Waals surface area contributed by atoms with Crippen LogP contribution in [-0.2, 0) is 14.8 Å². The Kier molecular flexibility index (Phi) is 5.88. The molecule has 2 aromatic rings. The lowest BCUT2D eigenvalue weighted by molar-refractivity contribution is -0.117. The summed E-state index contributed by atoms with van der Waals surface area (Å²) in [4.78, 5) is 12.5. The van der Waals surface area contributed by atoms with Crippen molar-refractivity contribution in [2.75, 3.05) is 11.9 Å². The minimum absolute atomic E-state index is 0.0393. The van der Waals surface area contributed by atoms with E-state index in [1.54, 1.807) is 30.3 Å². The van der Waals surface area contributed by atoms with E-state index in [1.165, 1.54) is 0 Å². The summed E-state index contributed by atoms with van der Waals surface area (Å²) in [6, 6.07) is 14.0. The van der Waals surface area contributed by atoms with Crippen LogP contribution in [0.5, 0.6) is 0 Å². The predicted octanol–water partition coefficient (Wildman–Crippen LogP) is 3.12. The number of sulfonamides is 1. The average molecular weight is 402 g/mol. The molecule has 0 radical (unpaired) electrons. The van der Waals surface area contributed by atoms with Crippen LogP contribution in [0.4, 0.5) is 5.69 Å². The Bertz CT molecular complexity index is 942. The van der Waals surface area contributed by atoms with Gasteiger partial charge >= 0.3 is 0 Å². The van der Waals surface area contributed by atoms with Crippen molar-refractivity contribution in [3.8, 4) is 11.1 Å². The molecule has 0 spiro atoms. The van der Waals surface area contributed by atoms with Crippen LogP contribution in [0.1, 0.15) is 33.6 Å². The van der Waals surface area contributed by atoms with Crippen molar-refractivity contribution in [2.45, 2.75) is 50.1 Å². The fourth-order valence-corrected chi connectivity index (χ4v) is 4.92. The first-order valence-electron chi connectivity index (χ1n) is 9.43. The lowest BCUT2D eigenvalue weighted by Crippen LogP contribution is -2.40. The second-order valence-electron chi connectivity index (χ2n) is 8.07. The summed E-state index contributed by atoms with van der Waals surface area (Å²) >= 11 is 0. The number of amides is 1. The number of benzene rings is 2. The van der Waals surface area contributed by atoms with Gasteiger partial charge in [0.15, 0.2) is 0 Å². The van der Waals surface area contributed by atoms with Crippen molar-refractivity contribution in [2.24, 2.45) is 0 Å². The monoisotopic (exact) mass is 401 g/mol. The lowest BCUT2D eigenvalue weighted by Gasteiger charge is -2.21. The highest BCUT2D eigenvalue weighted by Crippen LogP contribution is 2.29. The Morgan fingerprint density at radius 3 is 2.36 bits per heavy atom. The van der Waals surface area contributed by atoms with Gasteiger partial charge in [-0.05, 0) is 63.9 Å². The lowest BCUT2D eigenvalue weighted by atomic mass is 10.1. The fourth-order valence-electron chi connectivity index (χ4n) is 3.27. The summed E-state index contributed by atoms with van der Waals surface area (Å²) in [5, 5.41) is 6.08. The minimum atomic E-state index is -3.66. The van der Waals surface area contributed by atoms with Gasteiger partial charge in [-0.25, -0.2) is 13.1 Å². The van der Waals surface area contributed by atoms with Gasteiger partial charge in [0.25, 0.3) is 0 Å². The minimum Gasteiger partial charge on any atom is -0.325 e. The fraction of sp³-hybridized carbons (Fsp3) is 0.381. The molecule has 150 valence electrons. The van der Waals surface area contributed by atoms with Crippen LogP contribution in [0.25, 0.3) is 11.1 Å². The zero-order valence-electron chi connectivity index (χ0n) is 16.5. The molecule has 2 aromatic carbocycles. The summed E-state index contributed by atoms with van der Waals surface area (Å²) in [5.74, 6) is -0.0393. The van der Waals surface area contributed by atoms with Crippen LogP contribution >= 0.6 is 0 Å². The first kappa shape index (κ1) is 20.5. The number of rotatable bonds is 5. The van der Waals surface area contributed by atoms with Crippen molar-refractivity contribution in [1.29, 1.82) is 0 Å². The molecule has 7 heteroatoms. The van der Waals surface area contributed by atoms with E-state index in [-0.39, 0.29) is 16.8 Å². The van der Waals surface area contributed by atoms with E-state index in [2.05, 4.69) is 15.4 Å². The third kappa shape index (κ3) is 4.98. The molecule has 1 fully saturated rings. The van der Waals surface area contributed by atoms with E-state index in [1.807, 2.05) is 39.0 Å². The van der Waals surface area contributed by atoms with E-state index < -0.39 is 15.6 Å². The van der Waals surface area contributed by atoms with E-state index in [0.717, 1.165) is 24.9 Å². The van der Waals surface area contributed by atoms with Gasteiger partial charge in [0.2, 0.25) is 15.9 Å². The van der Waals surface area contributed by atoms with Crippen molar-refractivity contribution >= 4 is 21.6 Å². The van der Waals surface area contributed by atoms with E-state index in [0.29, 0.717) is 11.3 Å². The van der Waals surface area contributed by atoms with Crippen LogP contribution in [0.2, 0.25) is 0 Å². The molecule has 0 aliphatic carbocycles. The van der Waals surface area contributed by atoms with Crippen LogP contribution in [0, 0.1) is 0 Å². The highest BCUT2D eigenvalue weighted by Gasteiger charge is 2.25. The van der Waals surface area contributed by atoms with Crippen LogP contribution in [-0.4, -0.2) is 32.5 Å². The third-order valence-corrected chi connectivity index (χ3v) is 6.27. The molecule has 1 saturated heterocycles. The van der Waals surface area contributed by atoms with E-state index >= 15 is 0 Å². The van der Waals surface area contributed by atoms with Gasteiger partial charge in [-0.1, -0.05) is 30.3 Å². The maximum Gasteiger partial charge on any atom is 0.241 e. The van der Waals surface area contributed by atoms with Crippen molar-refractivity contribution in [3.05, 3.63) is 48.5 Å². The van der Waals surface area contributed by atoms with Crippen LogP contribution in [0.3, 0.4) is 0 Å². The number of carbonyl (C=O) groups excluding carboxylic acids is 1. The van der Waals surface area contributed by atoms with Gasteiger partial charge in [-0.2, -0.15) is 0 Å². The van der Waals surface area contributed by atoms with E-state index in [4.69, 9.17) is 0 Å². The van der Waals surface area contributed by atoms with Gasteiger partial charge in [0, 0.05) is 16.8 Å². The first-order valence-corrected chi connectivity index (χ1v) is 10.9. The molecule has 3 N–H and O–H groups in total. The molecule has 1 amide bonds. The SMILES string of the molecule is CC(C)(C)NS(=O)(=O)c1ccccc1-c1ccc(NC(=O)[C@@H]2CCCN2)cc1. The van der Waals surface area contributed by atoms with Crippen molar-refractivity contribution < 1.29 is 13.2 Å². The molecule has 0 unspecified atom stereocenters. The summed E-state index contributed by atoms with van der Waals surface area (Å²) < 4.78 is 28.4. The van der Waals surface area contributed by atoms with Gasteiger partial charge in [0.05, 0.1) is 10.9 Å². The molecule has 1 atom stereocenters. The van der Waals surface area contributed by atoms with E-state index in [9.17, 15) is 13.2 Å². The number of hydrogen-bond acceptors (Lipinski definition) is 4. The molecule has 0 saturated carbocycles. The highest BCUT2D eigenvalue weighted by atomic mass is 32.2. The zero-order chi connectivity index (χ0) is 20.4. The number of anilines is 1. The summed E-state index contributed by atoms with van der Waals surface area (Å²) in [6.45, 7) is 6.29. The average Bonchev–Trinajstić information content (AvgIpc) is 3.15. The maximum absolute atomic E-state index is 12.8. The molecule has 6 nitrogen and oxygen atoms in total. The second kappa shape index (κ2) is 8.03. The Morgan fingerprint density at radius 1 is 1.07 bits per heavy atom. The van der Waals surface area contributed by atoms with Gasteiger partial charge in [0.1, 0.15) is 0 Å². The second-order valence-corrected chi connectivity index (χ2v) is 9.72. The summed E-state index contributed by atoms with van der Waals surface area (Å²) in [6.07, 6.45) is 1.85. The number of hydrogen-bond donors (Lipinski definition) is 3. The normalized spacial score (nSPS) is 17.5. The molecule has 0 aromatic heterocycles. The Morgan fingerprint density at radius 2 is 1.75 bits per heavy atom. The Balaban J connectivity index is 1.83. The zero-order valence-corrected chi connectivity index (χ0v) is 17.3. The first-order chi connectivity index (χ1) is 13.2. The van der Waals surface area contributed by atoms with Gasteiger partial charge in [-0.15, -0.1) is 0 Å². The highest BCUT2D eigenvalue weighted by molar-refractivity contribution is 7.89. The standard InChI is InChI=1S/C21H27N3O3S/c1-21(2,3)24-28(26,27)19-9-5-4-7-17(19)15-10-12-16(13-11-15)23-20(25)18-8-6-14-22-18/h4-5,7,9-13,18,22,24H,6,8,14H2,1-3H3,(H,23,25)/t18-/m0/s1. The van der Waals surface area contributed by atoms with Gasteiger partial charge in [-0.3, -0.25) is 4.79 Å². The molecule has 1 aliphatic rings. The quantitative estimate of drug-likeness (QED) is 0.718. The molecular formula is C21H27N3O3S. The van der Waals surface area contributed by atoms with Crippen molar-refractivity contribution in [1.82, 2.24) is 10.0 Å².